The lowest BCUT2D eigenvalue weighted by Gasteiger charge is -2.12. The second-order valence-electron chi connectivity index (χ2n) is 5.68. The standard InChI is InChI=1S/C10H11ClO3.C9H8Cl2O3/c1-6-5-8(11)3-4-9(6)14-7(2)10(12)13;1-5(9(12)13)14-8-3-2-6(10)4-7(8)11/h3-5,7H,1-2H3,(H,12,13);2-5H,1H3,(H,12,13). The first-order valence-corrected chi connectivity index (χ1v) is 9.14. The second kappa shape index (κ2) is 11.0. The van der Waals surface area contributed by atoms with Crippen LogP contribution in [0.2, 0.25) is 15.1 Å². The molecule has 0 spiro atoms. The fourth-order valence-electron chi connectivity index (χ4n) is 1.80. The van der Waals surface area contributed by atoms with Crippen molar-refractivity contribution in [1.82, 2.24) is 0 Å². The molecule has 152 valence electrons. The zero-order chi connectivity index (χ0) is 21.4. The highest BCUT2D eigenvalue weighted by molar-refractivity contribution is 6.35. The predicted octanol–water partition coefficient (Wildman–Crippen LogP) is 5.35. The molecule has 0 bridgehead atoms. The van der Waals surface area contributed by atoms with Gasteiger partial charge in [-0.1, -0.05) is 34.8 Å². The van der Waals surface area contributed by atoms with Gasteiger partial charge in [0.15, 0.2) is 12.2 Å². The summed E-state index contributed by atoms with van der Waals surface area (Å²) >= 11 is 17.2. The molecule has 6 nitrogen and oxygen atoms in total. The van der Waals surface area contributed by atoms with E-state index in [4.69, 9.17) is 54.5 Å². The highest BCUT2D eigenvalue weighted by Gasteiger charge is 2.14. The molecule has 2 aromatic carbocycles. The number of hydrogen-bond acceptors (Lipinski definition) is 4. The molecular formula is C19H19Cl3O6. The van der Waals surface area contributed by atoms with E-state index < -0.39 is 24.1 Å². The quantitative estimate of drug-likeness (QED) is 0.618. The van der Waals surface area contributed by atoms with E-state index in [1.165, 1.54) is 26.0 Å². The number of carbonyl (C=O) groups is 2. The Bertz CT molecular complexity index is 771. The van der Waals surface area contributed by atoms with Gasteiger partial charge in [0, 0.05) is 10.0 Å². The van der Waals surface area contributed by atoms with Crippen LogP contribution in [-0.4, -0.2) is 34.4 Å². The monoisotopic (exact) mass is 448 g/mol. The Morgan fingerprint density at radius 3 is 1.68 bits per heavy atom. The number of carboxylic acid groups (broad SMARTS) is 2. The molecule has 0 saturated carbocycles. The van der Waals surface area contributed by atoms with Gasteiger partial charge in [-0.3, -0.25) is 0 Å². The molecule has 9 heteroatoms. The molecule has 2 N–H and O–H groups in total. The van der Waals surface area contributed by atoms with Gasteiger partial charge in [0.2, 0.25) is 0 Å². The zero-order valence-corrected chi connectivity index (χ0v) is 17.5. The molecule has 2 atom stereocenters. The van der Waals surface area contributed by atoms with Crippen LogP contribution in [0.3, 0.4) is 0 Å². The molecule has 0 heterocycles. The van der Waals surface area contributed by atoms with Gasteiger partial charge in [0.05, 0.1) is 5.02 Å². The molecule has 0 aromatic heterocycles. The second-order valence-corrected chi connectivity index (χ2v) is 6.96. The molecule has 2 aromatic rings. The molecule has 0 radical (unpaired) electrons. The summed E-state index contributed by atoms with van der Waals surface area (Å²) in [7, 11) is 0. The molecule has 28 heavy (non-hydrogen) atoms. The van der Waals surface area contributed by atoms with Crippen molar-refractivity contribution >= 4 is 46.7 Å². The minimum atomic E-state index is -1.05. The van der Waals surface area contributed by atoms with E-state index in [9.17, 15) is 9.59 Å². The van der Waals surface area contributed by atoms with Gasteiger partial charge in [0.25, 0.3) is 0 Å². The third kappa shape index (κ3) is 7.84. The summed E-state index contributed by atoms with van der Waals surface area (Å²) < 4.78 is 10.3. The van der Waals surface area contributed by atoms with Crippen LogP contribution in [0.5, 0.6) is 11.5 Å². The van der Waals surface area contributed by atoms with Crippen molar-refractivity contribution in [3.8, 4) is 11.5 Å². The maximum Gasteiger partial charge on any atom is 0.344 e. The predicted molar refractivity (Wildman–Crippen MR) is 108 cm³/mol. The van der Waals surface area contributed by atoms with Crippen molar-refractivity contribution in [3.05, 3.63) is 57.0 Å². The van der Waals surface area contributed by atoms with Gasteiger partial charge in [-0.15, -0.1) is 0 Å². The highest BCUT2D eigenvalue weighted by atomic mass is 35.5. The lowest BCUT2D eigenvalue weighted by Crippen LogP contribution is -2.23. The molecule has 0 amide bonds. The normalized spacial score (nSPS) is 12.2. The van der Waals surface area contributed by atoms with Gasteiger partial charge in [-0.25, -0.2) is 9.59 Å². The molecule has 0 saturated heterocycles. The largest absolute Gasteiger partial charge is 0.479 e. The maximum absolute atomic E-state index is 10.5. The summed E-state index contributed by atoms with van der Waals surface area (Å²) in [6, 6.07) is 9.66. The number of halogens is 3. The molecule has 0 aliphatic heterocycles. The number of rotatable bonds is 6. The van der Waals surface area contributed by atoms with E-state index in [1.54, 1.807) is 24.3 Å². The number of benzene rings is 2. The topological polar surface area (TPSA) is 93.1 Å². The average molecular weight is 450 g/mol. The third-order valence-corrected chi connectivity index (χ3v) is 4.10. The van der Waals surface area contributed by atoms with Gasteiger partial charge in [-0.05, 0) is 62.7 Å². The Balaban J connectivity index is 0.000000280. The van der Waals surface area contributed by atoms with Crippen molar-refractivity contribution in [1.29, 1.82) is 0 Å². The van der Waals surface area contributed by atoms with Crippen LogP contribution in [0.25, 0.3) is 0 Å². The molecule has 0 fully saturated rings. The lowest BCUT2D eigenvalue weighted by molar-refractivity contribution is -0.145. The van der Waals surface area contributed by atoms with E-state index in [-0.39, 0.29) is 0 Å². The Morgan fingerprint density at radius 1 is 0.821 bits per heavy atom. The fourth-order valence-corrected chi connectivity index (χ4v) is 2.48. The lowest BCUT2D eigenvalue weighted by atomic mass is 10.2. The van der Waals surface area contributed by atoms with E-state index in [0.717, 1.165) is 5.56 Å². The summed E-state index contributed by atoms with van der Waals surface area (Å²) in [5.41, 5.74) is 0.825. The van der Waals surface area contributed by atoms with Crippen molar-refractivity contribution in [2.45, 2.75) is 33.0 Å². The molecule has 0 aliphatic carbocycles. The van der Waals surface area contributed by atoms with E-state index >= 15 is 0 Å². The van der Waals surface area contributed by atoms with Gasteiger partial charge in [-0.2, -0.15) is 0 Å². The van der Waals surface area contributed by atoms with E-state index in [2.05, 4.69) is 0 Å². The number of ether oxygens (including phenoxy) is 2. The number of aliphatic carboxylic acids is 2. The van der Waals surface area contributed by atoms with Crippen LogP contribution in [-0.2, 0) is 9.59 Å². The molecule has 0 aliphatic rings. The highest BCUT2D eigenvalue weighted by Crippen LogP contribution is 2.28. The first-order chi connectivity index (χ1) is 13.0. The number of hydrogen-bond donors (Lipinski definition) is 2. The Labute approximate surface area is 177 Å². The smallest absolute Gasteiger partial charge is 0.344 e. The van der Waals surface area contributed by atoms with E-state index in [0.29, 0.717) is 26.6 Å². The van der Waals surface area contributed by atoms with Crippen molar-refractivity contribution in [2.75, 3.05) is 0 Å². The summed E-state index contributed by atoms with van der Waals surface area (Å²) in [6.45, 7) is 4.72. The Kier molecular flexibility index (Phi) is 9.38. The van der Waals surface area contributed by atoms with Crippen molar-refractivity contribution in [3.63, 3.8) is 0 Å². The molecule has 2 unspecified atom stereocenters. The van der Waals surface area contributed by atoms with Gasteiger partial charge < -0.3 is 19.7 Å². The van der Waals surface area contributed by atoms with E-state index in [1.807, 2.05) is 6.92 Å². The fraction of sp³-hybridized carbons (Fsp3) is 0.263. The summed E-state index contributed by atoms with van der Waals surface area (Å²) in [4.78, 5) is 21.0. The molecular weight excluding hydrogens is 431 g/mol. The number of aryl methyl sites for hydroxylation is 1. The van der Waals surface area contributed by atoms with Crippen molar-refractivity contribution in [2.24, 2.45) is 0 Å². The van der Waals surface area contributed by atoms with Crippen LogP contribution in [0.1, 0.15) is 19.4 Å². The van der Waals surface area contributed by atoms with Crippen LogP contribution in [0.4, 0.5) is 0 Å². The van der Waals surface area contributed by atoms with Gasteiger partial charge >= 0.3 is 11.9 Å². The van der Waals surface area contributed by atoms with Crippen LogP contribution >= 0.6 is 34.8 Å². The zero-order valence-electron chi connectivity index (χ0n) is 15.3. The first-order valence-electron chi connectivity index (χ1n) is 8.01. The van der Waals surface area contributed by atoms with Crippen LogP contribution in [0, 0.1) is 6.92 Å². The maximum atomic E-state index is 10.5. The van der Waals surface area contributed by atoms with Crippen LogP contribution in [0.15, 0.2) is 36.4 Å². The van der Waals surface area contributed by atoms with Gasteiger partial charge in [0.1, 0.15) is 11.5 Å². The third-order valence-electron chi connectivity index (χ3n) is 3.33. The van der Waals surface area contributed by atoms with Crippen molar-refractivity contribution < 1.29 is 29.3 Å². The minimum absolute atomic E-state index is 0.297. The Morgan fingerprint density at radius 2 is 1.25 bits per heavy atom. The summed E-state index contributed by atoms with van der Waals surface area (Å²) in [5, 5.41) is 18.6. The van der Waals surface area contributed by atoms with Crippen LogP contribution < -0.4 is 9.47 Å². The Hall–Kier alpha value is -2.15. The number of carboxylic acids is 2. The minimum Gasteiger partial charge on any atom is -0.479 e. The summed E-state index contributed by atoms with van der Waals surface area (Å²) in [6.07, 6.45) is -1.79. The molecule has 2 rings (SSSR count). The first kappa shape index (κ1) is 23.9. The average Bonchev–Trinajstić information content (AvgIpc) is 2.60. The summed E-state index contributed by atoms with van der Waals surface area (Å²) in [5.74, 6) is -1.18. The SMILES string of the molecule is CC(Oc1ccc(Cl)cc1Cl)C(=O)O.Cc1cc(Cl)ccc1OC(C)C(=O)O.